The average Bonchev–Trinajstić information content (AvgIpc) is 2.63. The van der Waals surface area contributed by atoms with Crippen molar-refractivity contribution in [1.82, 2.24) is 0 Å². The third kappa shape index (κ3) is 1.88. The molecule has 0 heterocycles. The van der Waals surface area contributed by atoms with Gasteiger partial charge in [-0.05, 0) is 18.9 Å². The molecule has 1 aliphatic carbocycles. The highest BCUT2D eigenvalue weighted by Gasteiger charge is 2.32. The maximum Gasteiger partial charge on any atom is 0.334 e. The first-order valence-corrected chi connectivity index (χ1v) is 3.97. The van der Waals surface area contributed by atoms with Gasteiger partial charge in [0, 0.05) is 0 Å². The second-order valence-corrected chi connectivity index (χ2v) is 2.70. The molecule has 0 aromatic rings. The second-order valence-electron chi connectivity index (χ2n) is 2.70. The number of hydrogen-bond acceptors (Lipinski definition) is 4. The van der Waals surface area contributed by atoms with Gasteiger partial charge in [-0.1, -0.05) is 0 Å². The summed E-state index contributed by atoms with van der Waals surface area (Å²) in [7, 11) is 2.58. The number of carbonyl (C=O) groups excluding carboxylic acids is 2. The van der Waals surface area contributed by atoms with Crippen LogP contribution in [0.3, 0.4) is 0 Å². The Labute approximate surface area is 76.5 Å². The lowest BCUT2D eigenvalue weighted by Gasteiger charge is -2.09. The number of carbonyl (C=O) groups is 2. The number of allylic oxidation sites excluding steroid dienone is 1. The Morgan fingerprint density at radius 3 is 2.62 bits per heavy atom. The highest BCUT2D eigenvalue weighted by Crippen LogP contribution is 2.26. The van der Waals surface area contributed by atoms with E-state index in [1.54, 1.807) is 0 Å². The minimum absolute atomic E-state index is 0.300. The van der Waals surface area contributed by atoms with Crippen molar-refractivity contribution >= 4 is 11.9 Å². The lowest BCUT2D eigenvalue weighted by atomic mass is 10.0. The van der Waals surface area contributed by atoms with E-state index in [0.717, 1.165) is 0 Å². The summed E-state index contributed by atoms with van der Waals surface area (Å²) < 4.78 is 9.06. The van der Waals surface area contributed by atoms with Crippen molar-refractivity contribution < 1.29 is 19.1 Å². The van der Waals surface area contributed by atoms with E-state index in [1.807, 2.05) is 0 Å². The first-order valence-electron chi connectivity index (χ1n) is 3.97. The van der Waals surface area contributed by atoms with E-state index in [2.05, 4.69) is 15.5 Å². The maximum atomic E-state index is 11.2. The van der Waals surface area contributed by atoms with Crippen molar-refractivity contribution in [3.8, 4) is 0 Å². The highest BCUT2D eigenvalue weighted by molar-refractivity contribution is 5.95. The minimum Gasteiger partial charge on any atom is -0.469 e. The molecular weight excluding hydrogens is 172 g/mol. The predicted octanol–water partition coefficient (Wildman–Crippen LogP) is 0.472. The van der Waals surface area contributed by atoms with Crippen LogP contribution in [0, 0.1) is 12.0 Å². The molecule has 4 heteroatoms. The van der Waals surface area contributed by atoms with Crippen molar-refractivity contribution in [2.75, 3.05) is 14.2 Å². The molecule has 13 heavy (non-hydrogen) atoms. The molecule has 0 aromatic carbocycles. The summed E-state index contributed by atoms with van der Waals surface area (Å²) in [6.45, 7) is 0. The molecular formula is C9H11O4. The van der Waals surface area contributed by atoms with Gasteiger partial charge in [-0.15, -0.1) is 0 Å². The van der Waals surface area contributed by atoms with Crippen molar-refractivity contribution in [2.45, 2.75) is 12.8 Å². The van der Waals surface area contributed by atoms with Gasteiger partial charge in [0.2, 0.25) is 0 Å². The largest absolute Gasteiger partial charge is 0.469 e. The van der Waals surface area contributed by atoms with Crippen LogP contribution in [-0.4, -0.2) is 26.2 Å². The van der Waals surface area contributed by atoms with Crippen LogP contribution in [0.4, 0.5) is 0 Å². The standard InChI is InChI=1S/C9H11O4/c1-12-8(10)6-4-3-5-7(6)9(11)13-2/h6H,3-4H2,1-2H3. The molecule has 0 aliphatic heterocycles. The first kappa shape index (κ1) is 9.77. The normalized spacial score (nSPS) is 20.8. The number of ether oxygens (including phenoxy) is 2. The zero-order chi connectivity index (χ0) is 9.84. The Morgan fingerprint density at radius 1 is 1.38 bits per heavy atom. The number of methoxy groups -OCH3 is 2. The Hall–Kier alpha value is -1.32. The number of rotatable bonds is 2. The first-order chi connectivity index (χ1) is 6.20. The lowest BCUT2D eigenvalue weighted by molar-refractivity contribution is -0.147. The van der Waals surface area contributed by atoms with Gasteiger partial charge in [-0.2, -0.15) is 0 Å². The molecule has 1 unspecified atom stereocenters. The fraction of sp³-hybridized carbons (Fsp3) is 0.556. The van der Waals surface area contributed by atoms with Crippen molar-refractivity contribution in [2.24, 2.45) is 5.92 Å². The van der Waals surface area contributed by atoms with Crippen LogP contribution >= 0.6 is 0 Å². The topological polar surface area (TPSA) is 52.6 Å². The molecule has 0 N–H and O–H groups in total. The molecule has 0 saturated carbocycles. The third-order valence-corrected chi connectivity index (χ3v) is 1.99. The molecule has 0 saturated heterocycles. The molecule has 71 valence electrons. The van der Waals surface area contributed by atoms with Crippen LogP contribution in [0.5, 0.6) is 0 Å². The maximum absolute atomic E-state index is 11.2. The third-order valence-electron chi connectivity index (χ3n) is 1.99. The molecule has 0 bridgehead atoms. The summed E-state index contributed by atoms with van der Waals surface area (Å²) in [6, 6.07) is 0. The fourth-order valence-corrected chi connectivity index (χ4v) is 1.32. The van der Waals surface area contributed by atoms with Crippen LogP contribution in [-0.2, 0) is 19.1 Å². The van der Waals surface area contributed by atoms with Crippen LogP contribution in [0.25, 0.3) is 0 Å². The highest BCUT2D eigenvalue weighted by atomic mass is 16.5. The van der Waals surface area contributed by atoms with E-state index in [0.29, 0.717) is 18.4 Å². The monoisotopic (exact) mass is 183 g/mol. The molecule has 1 atom stereocenters. The molecule has 1 aliphatic rings. The molecule has 1 rings (SSSR count). The van der Waals surface area contributed by atoms with Gasteiger partial charge in [-0.25, -0.2) is 4.79 Å². The zero-order valence-electron chi connectivity index (χ0n) is 7.62. The summed E-state index contributed by atoms with van der Waals surface area (Å²) >= 11 is 0. The minimum atomic E-state index is -0.493. The summed E-state index contributed by atoms with van der Waals surface area (Å²) in [4.78, 5) is 22.3. The van der Waals surface area contributed by atoms with E-state index in [1.165, 1.54) is 14.2 Å². The van der Waals surface area contributed by atoms with E-state index in [-0.39, 0.29) is 0 Å². The lowest BCUT2D eigenvalue weighted by Crippen LogP contribution is -2.20. The van der Waals surface area contributed by atoms with Gasteiger partial charge < -0.3 is 9.47 Å². The van der Waals surface area contributed by atoms with Crippen molar-refractivity contribution in [3.05, 3.63) is 11.6 Å². The van der Waals surface area contributed by atoms with Gasteiger partial charge in [0.05, 0.1) is 25.7 Å². The smallest absolute Gasteiger partial charge is 0.334 e. The van der Waals surface area contributed by atoms with Crippen molar-refractivity contribution in [1.29, 1.82) is 0 Å². The summed E-state index contributed by atoms with van der Waals surface area (Å²) in [6.07, 6.45) is 4.00. The Kier molecular flexibility index (Phi) is 3.06. The predicted molar refractivity (Wildman–Crippen MR) is 43.5 cm³/mol. The molecule has 0 aromatic heterocycles. The van der Waals surface area contributed by atoms with Gasteiger partial charge in [0.1, 0.15) is 0 Å². The van der Waals surface area contributed by atoms with Gasteiger partial charge in [0.25, 0.3) is 0 Å². The SMILES string of the molecule is COC(=O)C1=[C]CCC1C(=O)OC. The fourth-order valence-electron chi connectivity index (χ4n) is 1.32. The second kappa shape index (κ2) is 4.07. The molecule has 0 spiro atoms. The van der Waals surface area contributed by atoms with E-state index < -0.39 is 17.9 Å². The Balaban J connectivity index is 2.73. The molecule has 4 nitrogen and oxygen atoms in total. The van der Waals surface area contributed by atoms with Crippen LogP contribution < -0.4 is 0 Å². The van der Waals surface area contributed by atoms with E-state index in [4.69, 9.17) is 0 Å². The summed E-state index contributed by atoms with van der Waals surface area (Å²) in [5.74, 6) is -1.38. The summed E-state index contributed by atoms with van der Waals surface area (Å²) in [5.41, 5.74) is 0.300. The number of esters is 2. The van der Waals surface area contributed by atoms with Gasteiger partial charge in [0.15, 0.2) is 0 Å². The zero-order valence-corrected chi connectivity index (χ0v) is 7.62. The summed E-state index contributed by atoms with van der Waals surface area (Å²) in [5, 5.41) is 0. The molecule has 1 radical (unpaired) electrons. The van der Waals surface area contributed by atoms with Gasteiger partial charge >= 0.3 is 11.9 Å². The van der Waals surface area contributed by atoms with Gasteiger partial charge in [-0.3, -0.25) is 4.79 Å². The van der Waals surface area contributed by atoms with E-state index in [9.17, 15) is 9.59 Å². The van der Waals surface area contributed by atoms with Crippen LogP contribution in [0.15, 0.2) is 5.57 Å². The van der Waals surface area contributed by atoms with E-state index >= 15 is 0 Å². The quantitative estimate of drug-likeness (QED) is 0.584. The van der Waals surface area contributed by atoms with Crippen molar-refractivity contribution in [3.63, 3.8) is 0 Å². The molecule has 0 amide bonds. The van der Waals surface area contributed by atoms with Crippen LogP contribution in [0.2, 0.25) is 0 Å². The Bertz CT molecular complexity index is 254. The Morgan fingerprint density at radius 2 is 2.08 bits per heavy atom. The average molecular weight is 183 g/mol. The molecule has 0 fully saturated rings. The van der Waals surface area contributed by atoms with Crippen LogP contribution in [0.1, 0.15) is 12.8 Å². The number of hydrogen-bond donors (Lipinski definition) is 0.